The normalized spacial score (nSPS) is 10.8. The van der Waals surface area contributed by atoms with E-state index in [0.717, 1.165) is 18.2 Å². The number of rotatable bonds is 4. The second-order valence-corrected chi connectivity index (χ2v) is 4.62. The summed E-state index contributed by atoms with van der Waals surface area (Å²) in [5.41, 5.74) is 13.2. The number of ether oxygens (including phenoxy) is 1. The Hall–Kier alpha value is -2.89. The lowest BCUT2D eigenvalue weighted by Gasteiger charge is -2.05. The molecule has 0 aliphatic rings. The Balaban J connectivity index is 1.94. The van der Waals surface area contributed by atoms with Crippen LogP contribution in [0, 0.1) is 11.6 Å². The quantitative estimate of drug-likeness (QED) is 0.517. The number of carbonyl (C=O) groups excluding carboxylic acids is 1. The highest BCUT2D eigenvalue weighted by Crippen LogP contribution is 2.15. The van der Waals surface area contributed by atoms with Crippen LogP contribution in [0.2, 0.25) is 0 Å². The molecular weight excluding hydrogens is 290 g/mol. The molecule has 0 saturated heterocycles. The zero-order chi connectivity index (χ0) is 16.1. The fourth-order valence-corrected chi connectivity index (χ4v) is 1.81. The van der Waals surface area contributed by atoms with Crippen LogP contribution in [-0.2, 0) is 16.1 Å². The molecule has 0 unspecified atom stereocenters. The Labute approximate surface area is 126 Å². The van der Waals surface area contributed by atoms with Gasteiger partial charge in [-0.15, -0.1) is 0 Å². The Kier molecular flexibility index (Phi) is 4.73. The molecule has 0 aliphatic carbocycles. The first-order valence-corrected chi connectivity index (χ1v) is 6.39. The number of benzene rings is 2. The molecule has 0 amide bonds. The maximum atomic E-state index is 13.0. The molecule has 6 heteroatoms. The van der Waals surface area contributed by atoms with Gasteiger partial charge in [0.1, 0.15) is 6.61 Å². The van der Waals surface area contributed by atoms with Gasteiger partial charge in [-0.3, -0.25) is 0 Å². The monoisotopic (exact) mass is 304 g/mol. The van der Waals surface area contributed by atoms with Gasteiger partial charge in [-0.2, -0.15) is 0 Å². The van der Waals surface area contributed by atoms with Crippen LogP contribution < -0.4 is 11.5 Å². The molecule has 0 atom stereocenters. The lowest BCUT2D eigenvalue weighted by Crippen LogP contribution is -2.02. The van der Waals surface area contributed by atoms with Crippen LogP contribution in [-0.4, -0.2) is 5.97 Å². The highest BCUT2D eigenvalue weighted by atomic mass is 19.2. The van der Waals surface area contributed by atoms with Crippen LogP contribution >= 0.6 is 0 Å². The average molecular weight is 304 g/mol. The van der Waals surface area contributed by atoms with Crippen molar-refractivity contribution in [1.82, 2.24) is 0 Å². The second kappa shape index (κ2) is 6.71. The summed E-state index contributed by atoms with van der Waals surface area (Å²) in [7, 11) is 0. The van der Waals surface area contributed by atoms with E-state index in [9.17, 15) is 13.6 Å². The van der Waals surface area contributed by atoms with Gasteiger partial charge in [-0.25, -0.2) is 13.6 Å². The number of anilines is 2. The largest absolute Gasteiger partial charge is 0.458 e. The number of hydrogen-bond acceptors (Lipinski definition) is 4. The van der Waals surface area contributed by atoms with Crippen molar-refractivity contribution in [3.63, 3.8) is 0 Å². The molecule has 4 N–H and O–H groups in total. The minimum Gasteiger partial charge on any atom is -0.458 e. The van der Waals surface area contributed by atoms with Crippen molar-refractivity contribution in [1.29, 1.82) is 0 Å². The van der Waals surface area contributed by atoms with Crippen LogP contribution in [0.1, 0.15) is 11.1 Å². The predicted octanol–water partition coefficient (Wildman–Crippen LogP) is 2.89. The third-order valence-corrected chi connectivity index (χ3v) is 2.77. The maximum Gasteiger partial charge on any atom is 0.331 e. The topological polar surface area (TPSA) is 78.3 Å². The summed E-state index contributed by atoms with van der Waals surface area (Å²) in [4.78, 5) is 11.6. The first-order valence-electron chi connectivity index (χ1n) is 6.39. The average Bonchev–Trinajstić information content (AvgIpc) is 2.45. The van der Waals surface area contributed by atoms with Crippen molar-refractivity contribution < 1.29 is 18.3 Å². The fraction of sp³-hybridized carbons (Fsp3) is 0.0625. The molecule has 0 radical (unpaired) electrons. The number of esters is 1. The number of nitrogen functional groups attached to an aromatic ring is 2. The number of halogens is 2. The third-order valence-electron chi connectivity index (χ3n) is 2.77. The van der Waals surface area contributed by atoms with Crippen LogP contribution in [0.5, 0.6) is 0 Å². The summed E-state index contributed by atoms with van der Waals surface area (Å²) < 4.78 is 30.8. The molecule has 2 aromatic carbocycles. The van der Waals surface area contributed by atoms with E-state index in [-0.39, 0.29) is 6.61 Å². The predicted molar refractivity (Wildman–Crippen MR) is 80.5 cm³/mol. The molecular formula is C16H14F2N2O2. The van der Waals surface area contributed by atoms with Crippen molar-refractivity contribution in [2.45, 2.75) is 6.61 Å². The van der Waals surface area contributed by atoms with Gasteiger partial charge in [0, 0.05) is 17.5 Å². The second-order valence-electron chi connectivity index (χ2n) is 4.62. The maximum absolute atomic E-state index is 13.0. The number of carbonyl (C=O) groups is 1. The first-order chi connectivity index (χ1) is 10.4. The summed E-state index contributed by atoms with van der Waals surface area (Å²) in [6.45, 7) is 0.0101. The SMILES string of the molecule is Nc1cc(N)cc(COC(=O)C=Cc2ccc(F)c(F)c2)c1. The van der Waals surface area contributed by atoms with Gasteiger partial charge in [-0.1, -0.05) is 6.07 Å². The minimum atomic E-state index is -0.981. The lowest BCUT2D eigenvalue weighted by atomic mass is 10.2. The molecule has 0 fully saturated rings. The molecule has 0 spiro atoms. The molecule has 4 nitrogen and oxygen atoms in total. The van der Waals surface area contributed by atoms with Gasteiger partial charge < -0.3 is 16.2 Å². The molecule has 22 heavy (non-hydrogen) atoms. The van der Waals surface area contributed by atoms with Crippen LogP contribution in [0.15, 0.2) is 42.5 Å². The van der Waals surface area contributed by atoms with Gasteiger partial charge in [0.15, 0.2) is 11.6 Å². The lowest BCUT2D eigenvalue weighted by molar-refractivity contribution is -0.138. The van der Waals surface area contributed by atoms with Gasteiger partial charge in [-0.05, 0) is 47.5 Å². The molecule has 114 valence electrons. The molecule has 0 bridgehead atoms. The zero-order valence-corrected chi connectivity index (χ0v) is 11.6. The highest BCUT2D eigenvalue weighted by molar-refractivity contribution is 5.87. The van der Waals surface area contributed by atoms with Gasteiger partial charge in [0.25, 0.3) is 0 Å². The van der Waals surface area contributed by atoms with Crippen LogP contribution in [0.3, 0.4) is 0 Å². The van der Waals surface area contributed by atoms with Crippen molar-refractivity contribution in [3.8, 4) is 0 Å². The summed E-state index contributed by atoms with van der Waals surface area (Å²) in [6, 6.07) is 8.19. The molecule has 0 aromatic heterocycles. The fourth-order valence-electron chi connectivity index (χ4n) is 1.81. The number of hydrogen-bond donors (Lipinski definition) is 2. The van der Waals surface area contributed by atoms with E-state index in [1.807, 2.05) is 0 Å². The van der Waals surface area contributed by atoms with Crippen molar-refractivity contribution in [3.05, 3.63) is 65.2 Å². The smallest absolute Gasteiger partial charge is 0.331 e. The van der Waals surface area contributed by atoms with E-state index in [2.05, 4.69) is 0 Å². The Morgan fingerprint density at radius 1 is 1.05 bits per heavy atom. The Morgan fingerprint density at radius 3 is 2.36 bits per heavy atom. The molecule has 0 saturated carbocycles. The van der Waals surface area contributed by atoms with Gasteiger partial charge >= 0.3 is 5.97 Å². The van der Waals surface area contributed by atoms with Crippen molar-refractivity contribution >= 4 is 23.4 Å². The number of nitrogens with two attached hydrogens (primary N) is 2. The van der Waals surface area contributed by atoms with E-state index >= 15 is 0 Å². The van der Waals surface area contributed by atoms with Crippen LogP contribution in [0.25, 0.3) is 6.08 Å². The molecule has 0 aliphatic heterocycles. The van der Waals surface area contributed by atoms with E-state index in [1.165, 1.54) is 12.1 Å². The van der Waals surface area contributed by atoms with E-state index in [4.69, 9.17) is 16.2 Å². The summed E-state index contributed by atoms with van der Waals surface area (Å²) in [6.07, 6.45) is 2.46. The van der Waals surface area contributed by atoms with E-state index < -0.39 is 17.6 Å². The standard InChI is InChI=1S/C16H14F2N2O2/c17-14-3-1-10(7-15(14)18)2-4-16(21)22-9-11-5-12(19)8-13(20)6-11/h1-8H,9,19-20H2. The van der Waals surface area contributed by atoms with E-state index in [1.54, 1.807) is 18.2 Å². The third kappa shape index (κ3) is 4.31. The molecule has 2 rings (SSSR count). The Bertz CT molecular complexity index is 710. The highest BCUT2D eigenvalue weighted by Gasteiger charge is 2.03. The summed E-state index contributed by atoms with van der Waals surface area (Å²) >= 11 is 0. The Morgan fingerprint density at radius 2 is 1.73 bits per heavy atom. The first kappa shape index (κ1) is 15.5. The molecule has 0 heterocycles. The van der Waals surface area contributed by atoms with E-state index in [0.29, 0.717) is 22.5 Å². The van der Waals surface area contributed by atoms with Gasteiger partial charge in [0.05, 0.1) is 0 Å². The summed E-state index contributed by atoms with van der Waals surface area (Å²) in [5.74, 6) is -2.55. The molecule has 2 aromatic rings. The van der Waals surface area contributed by atoms with Crippen molar-refractivity contribution in [2.24, 2.45) is 0 Å². The summed E-state index contributed by atoms with van der Waals surface area (Å²) in [5, 5.41) is 0. The zero-order valence-electron chi connectivity index (χ0n) is 11.6. The van der Waals surface area contributed by atoms with Gasteiger partial charge in [0.2, 0.25) is 0 Å². The van der Waals surface area contributed by atoms with Crippen LogP contribution in [0.4, 0.5) is 20.2 Å². The minimum absolute atomic E-state index is 0.0101. The van der Waals surface area contributed by atoms with Crippen molar-refractivity contribution in [2.75, 3.05) is 11.5 Å².